The number of hydrogen-bond donors (Lipinski definition) is 1. The van der Waals surface area contributed by atoms with Gasteiger partial charge in [-0.15, -0.1) is 0 Å². The van der Waals surface area contributed by atoms with Gasteiger partial charge in [0, 0.05) is 5.69 Å². The number of nitrogens with zero attached hydrogens (tertiary/aromatic N) is 2. The van der Waals surface area contributed by atoms with Crippen molar-refractivity contribution in [2.45, 2.75) is 20.3 Å². The first kappa shape index (κ1) is 13.4. The molecule has 96 valence electrons. The fraction of sp³-hybridized carbons (Fsp3) is 0.308. The normalized spacial score (nSPS) is 10.9. The van der Waals surface area contributed by atoms with Crippen LogP contribution >= 0.6 is 23.2 Å². The molecule has 5 heteroatoms. The number of aromatic nitrogens is 2. The van der Waals surface area contributed by atoms with E-state index in [1.165, 1.54) is 5.56 Å². The van der Waals surface area contributed by atoms with E-state index in [2.05, 4.69) is 5.10 Å². The second-order valence-electron chi connectivity index (χ2n) is 4.20. The van der Waals surface area contributed by atoms with E-state index in [0.717, 1.165) is 23.5 Å². The summed E-state index contributed by atoms with van der Waals surface area (Å²) in [7, 11) is 0. The summed E-state index contributed by atoms with van der Waals surface area (Å²) < 4.78 is 1.88. The van der Waals surface area contributed by atoms with Crippen molar-refractivity contribution in [1.82, 2.24) is 9.78 Å². The minimum Gasteiger partial charge on any atom is -0.330 e. The van der Waals surface area contributed by atoms with E-state index in [-0.39, 0.29) is 0 Å². The lowest BCUT2D eigenvalue weighted by Gasteiger charge is -2.06. The average molecular weight is 284 g/mol. The average Bonchev–Trinajstić information content (AvgIpc) is 2.61. The van der Waals surface area contributed by atoms with Crippen molar-refractivity contribution < 1.29 is 0 Å². The Morgan fingerprint density at radius 3 is 2.56 bits per heavy atom. The molecule has 0 saturated carbocycles. The molecule has 0 bridgehead atoms. The van der Waals surface area contributed by atoms with Crippen LogP contribution in [0.1, 0.15) is 17.0 Å². The maximum absolute atomic E-state index is 6.03. The topological polar surface area (TPSA) is 43.8 Å². The van der Waals surface area contributed by atoms with Crippen LogP contribution in [0.2, 0.25) is 10.0 Å². The summed E-state index contributed by atoms with van der Waals surface area (Å²) in [4.78, 5) is 0. The van der Waals surface area contributed by atoms with Gasteiger partial charge in [0.1, 0.15) is 0 Å². The molecule has 1 aromatic heterocycles. The molecule has 2 rings (SSSR count). The molecule has 0 unspecified atom stereocenters. The fourth-order valence-electron chi connectivity index (χ4n) is 2.05. The van der Waals surface area contributed by atoms with Gasteiger partial charge >= 0.3 is 0 Å². The van der Waals surface area contributed by atoms with Crippen LogP contribution in [0.4, 0.5) is 0 Å². The summed E-state index contributed by atoms with van der Waals surface area (Å²) >= 11 is 11.9. The van der Waals surface area contributed by atoms with E-state index in [9.17, 15) is 0 Å². The van der Waals surface area contributed by atoms with Crippen LogP contribution in [0.3, 0.4) is 0 Å². The van der Waals surface area contributed by atoms with Gasteiger partial charge in [-0.1, -0.05) is 23.2 Å². The van der Waals surface area contributed by atoms with Crippen LogP contribution in [0.25, 0.3) is 5.69 Å². The highest BCUT2D eigenvalue weighted by Crippen LogP contribution is 2.26. The number of aryl methyl sites for hydroxylation is 1. The Hall–Kier alpha value is -1.03. The first-order valence-corrected chi connectivity index (χ1v) is 6.50. The van der Waals surface area contributed by atoms with Gasteiger partial charge < -0.3 is 5.73 Å². The van der Waals surface area contributed by atoms with E-state index in [1.54, 1.807) is 6.07 Å². The summed E-state index contributed by atoms with van der Waals surface area (Å²) in [5.41, 5.74) is 9.82. The molecule has 0 atom stereocenters. The van der Waals surface area contributed by atoms with Gasteiger partial charge in [-0.3, -0.25) is 0 Å². The van der Waals surface area contributed by atoms with E-state index < -0.39 is 0 Å². The first-order chi connectivity index (χ1) is 8.54. The molecule has 2 N–H and O–H groups in total. The second kappa shape index (κ2) is 5.31. The number of hydrogen-bond acceptors (Lipinski definition) is 2. The van der Waals surface area contributed by atoms with Crippen molar-refractivity contribution in [2.75, 3.05) is 6.54 Å². The van der Waals surface area contributed by atoms with Crippen molar-refractivity contribution in [3.8, 4) is 5.69 Å². The molecule has 1 heterocycles. The molecule has 2 aromatic rings. The third kappa shape index (κ3) is 2.39. The predicted octanol–water partition coefficient (Wildman–Crippen LogP) is 3.30. The lowest BCUT2D eigenvalue weighted by Crippen LogP contribution is -2.05. The predicted molar refractivity (Wildman–Crippen MR) is 75.8 cm³/mol. The molecule has 0 aliphatic rings. The van der Waals surface area contributed by atoms with Crippen LogP contribution in [-0.2, 0) is 6.42 Å². The molecule has 0 aliphatic heterocycles. The maximum atomic E-state index is 6.03. The Balaban J connectivity index is 2.50. The van der Waals surface area contributed by atoms with Crippen LogP contribution in [0.15, 0.2) is 18.2 Å². The number of halogens is 2. The third-order valence-electron chi connectivity index (χ3n) is 2.98. The molecule has 0 fully saturated rings. The molecule has 0 radical (unpaired) electrons. The number of benzene rings is 1. The summed E-state index contributed by atoms with van der Waals surface area (Å²) in [5, 5.41) is 5.60. The second-order valence-corrected chi connectivity index (χ2v) is 5.01. The van der Waals surface area contributed by atoms with Gasteiger partial charge in [0.15, 0.2) is 0 Å². The molecule has 18 heavy (non-hydrogen) atoms. The SMILES string of the molecule is Cc1nn(-c2ccc(Cl)c(Cl)c2)c(C)c1CCN. The first-order valence-electron chi connectivity index (χ1n) is 5.75. The van der Waals surface area contributed by atoms with Crippen LogP contribution < -0.4 is 5.73 Å². The summed E-state index contributed by atoms with van der Waals surface area (Å²) in [5.74, 6) is 0. The van der Waals surface area contributed by atoms with E-state index >= 15 is 0 Å². The Kier molecular flexibility index (Phi) is 3.95. The van der Waals surface area contributed by atoms with Crippen LogP contribution in [0.5, 0.6) is 0 Å². The summed E-state index contributed by atoms with van der Waals surface area (Å²) in [6.45, 7) is 4.65. The van der Waals surface area contributed by atoms with Gasteiger partial charge in [-0.05, 0) is 50.6 Å². The quantitative estimate of drug-likeness (QED) is 0.939. The van der Waals surface area contributed by atoms with Crippen molar-refractivity contribution in [1.29, 1.82) is 0 Å². The standard InChI is InChI=1S/C13H15Cl2N3/c1-8-11(5-6-16)9(2)18(17-8)10-3-4-12(14)13(15)7-10/h3-4,7H,5-6,16H2,1-2H3. The van der Waals surface area contributed by atoms with E-state index in [4.69, 9.17) is 28.9 Å². The van der Waals surface area contributed by atoms with Crippen molar-refractivity contribution in [3.05, 3.63) is 45.2 Å². The highest BCUT2D eigenvalue weighted by molar-refractivity contribution is 6.42. The third-order valence-corrected chi connectivity index (χ3v) is 3.72. The zero-order valence-electron chi connectivity index (χ0n) is 10.4. The number of nitrogens with two attached hydrogens (primary N) is 1. The minimum atomic E-state index is 0.530. The van der Waals surface area contributed by atoms with Gasteiger partial charge in [0.05, 0.1) is 21.4 Å². The van der Waals surface area contributed by atoms with Crippen LogP contribution in [-0.4, -0.2) is 16.3 Å². The van der Waals surface area contributed by atoms with Gasteiger partial charge in [-0.2, -0.15) is 5.10 Å². The molecule has 3 nitrogen and oxygen atoms in total. The summed E-state index contributed by atoms with van der Waals surface area (Å²) in [6.07, 6.45) is 0.832. The van der Waals surface area contributed by atoms with Crippen molar-refractivity contribution in [3.63, 3.8) is 0 Å². The Labute approximate surface area is 117 Å². The van der Waals surface area contributed by atoms with Crippen molar-refractivity contribution >= 4 is 23.2 Å². The lowest BCUT2D eigenvalue weighted by molar-refractivity contribution is 0.832. The highest BCUT2D eigenvalue weighted by atomic mass is 35.5. The van der Waals surface area contributed by atoms with Gasteiger partial charge in [0.25, 0.3) is 0 Å². The monoisotopic (exact) mass is 283 g/mol. The Morgan fingerprint density at radius 2 is 1.94 bits per heavy atom. The van der Waals surface area contributed by atoms with Gasteiger partial charge in [0.2, 0.25) is 0 Å². The smallest absolute Gasteiger partial charge is 0.0664 e. The van der Waals surface area contributed by atoms with Crippen LogP contribution in [0, 0.1) is 13.8 Å². The van der Waals surface area contributed by atoms with E-state index in [1.807, 2.05) is 30.7 Å². The molecule has 1 aromatic carbocycles. The molecule has 0 aliphatic carbocycles. The maximum Gasteiger partial charge on any atom is 0.0664 e. The Bertz CT molecular complexity index is 576. The summed E-state index contributed by atoms with van der Waals surface area (Å²) in [6, 6.07) is 5.49. The largest absolute Gasteiger partial charge is 0.330 e. The molecule has 0 spiro atoms. The highest BCUT2D eigenvalue weighted by Gasteiger charge is 2.12. The minimum absolute atomic E-state index is 0.530. The zero-order valence-corrected chi connectivity index (χ0v) is 11.9. The van der Waals surface area contributed by atoms with E-state index in [0.29, 0.717) is 16.6 Å². The number of rotatable bonds is 3. The fourth-order valence-corrected chi connectivity index (χ4v) is 2.34. The van der Waals surface area contributed by atoms with Gasteiger partial charge in [-0.25, -0.2) is 4.68 Å². The zero-order chi connectivity index (χ0) is 13.3. The molecular formula is C13H15Cl2N3. The lowest BCUT2D eigenvalue weighted by atomic mass is 10.1. The molecule has 0 saturated heterocycles. The molecule has 0 amide bonds. The molecular weight excluding hydrogens is 269 g/mol. The van der Waals surface area contributed by atoms with Crippen molar-refractivity contribution in [2.24, 2.45) is 5.73 Å². The Morgan fingerprint density at radius 1 is 1.22 bits per heavy atom.